The van der Waals surface area contributed by atoms with Gasteiger partial charge in [0, 0.05) is 54.1 Å². The zero-order chi connectivity index (χ0) is 59.1. The Labute approximate surface area is 490 Å². The summed E-state index contributed by atoms with van der Waals surface area (Å²) in [5.41, 5.74) is 11.7. The molecule has 5 heterocycles. The molecule has 3 aromatic carbocycles. The number of nitrogens with one attached hydrogen (secondary N) is 2. The van der Waals surface area contributed by atoms with E-state index in [-0.39, 0.29) is 46.7 Å². The van der Waals surface area contributed by atoms with Gasteiger partial charge in [0.1, 0.15) is 36.5 Å². The number of anilines is 2. The number of aromatic carboxylic acids is 1. The molecule has 0 radical (unpaired) electrons. The van der Waals surface area contributed by atoms with Crippen molar-refractivity contribution in [2.75, 3.05) is 43.0 Å². The summed E-state index contributed by atoms with van der Waals surface area (Å²) in [5.74, 6) is -2.81. The Balaban J connectivity index is 0.715. The molecule has 6 aromatic rings. The molecule has 1 saturated heterocycles. The number of amides is 1. The molecule has 2 aliphatic heterocycles. The summed E-state index contributed by atoms with van der Waals surface area (Å²) in [6.45, 7) is 9.33. The number of thiazole rings is 1. The van der Waals surface area contributed by atoms with Gasteiger partial charge in [-0.25, -0.2) is 19.6 Å². The van der Waals surface area contributed by atoms with Gasteiger partial charge in [0.05, 0.1) is 35.2 Å². The van der Waals surface area contributed by atoms with Crippen LogP contribution < -0.4 is 26.0 Å². The molecular weight excluding hydrogens is 1100 g/mol. The Morgan fingerprint density at radius 1 is 0.869 bits per heavy atom. The molecular formula is C62H74N8O13S. The number of benzene rings is 3. The maximum atomic E-state index is 13.8. The van der Waals surface area contributed by atoms with E-state index < -0.39 is 54.2 Å². The molecule has 6 aliphatic rings. The van der Waals surface area contributed by atoms with Gasteiger partial charge in [0.25, 0.3) is 5.91 Å². The fourth-order valence-corrected chi connectivity index (χ4v) is 15.9. The quantitative estimate of drug-likeness (QED) is 0.0242. The molecule has 21 nitrogen and oxygen atoms in total. The third-order valence-electron chi connectivity index (χ3n) is 17.7. The predicted molar refractivity (Wildman–Crippen MR) is 312 cm³/mol. The zero-order valence-corrected chi connectivity index (χ0v) is 48.4. The topological polar surface area (TPSA) is 303 Å². The van der Waals surface area contributed by atoms with Crippen molar-refractivity contribution in [3.8, 4) is 16.9 Å². The molecule has 5 fully saturated rings. The Morgan fingerprint density at radius 3 is 2.43 bits per heavy atom. The minimum Gasteiger partial charge on any atom is -0.479 e. The van der Waals surface area contributed by atoms with Gasteiger partial charge in [0.2, 0.25) is 6.29 Å². The molecule has 12 rings (SSSR count). The van der Waals surface area contributed by atoms with E-state index in [0.29, 0.717) is 85.4 Å². The van der Waals surface area contributed by atoms with Crippen LogP contribution in [0.25, 0.3) is 21.3 Å². The highest BCUT2D eigenvalue weighted by molar-refractivity contribution is 7.22. The number of fused-ring (bicyclic) bond motifs is 2. The van der Waals surface area contributed by atoms with E-state index in [9.17, 15) is 44.7 Å². The highest BCUT2D eigenvalue weighted by Crippen LogP contribution is 2.72. The molecule has 4 aliphatic carbocycles. The van der Waals surface area contributed by atoms with Gasteiger partial charge >= 0.3 is 17.9 Å². The second kappa shape index (κ2) is 23.9. The highest BCUT2D eigenvalue weighted by atomic mass is 32.1. The summed E-state index contributed by atoms with van der Waals surface area (Å²) >= 11 is 1.42. The number of unbranched alkanes of at least 4 members (excludes halogenated alkanes) is 2. The fourth-order valence-electron chi connectivity index (χ4n) is 15.1. The minimum atomic E-state index is -1.88. The number of carboxylic acids is 2. The number of aliphatic carboxylic acids is 1. The number of hydrogen-bond donors (Lipinski definition) is 8. The maximum absolute atomic E-state index is 13.8. The number of carboxylic acid groups (broad SMARTS) is 2. The number of pyridine rings is 1. The standard InChI is InChI=1S/C62H74N8O13S/c1-36-42(40-17-18-47(67-49(40)55(76)77)69-22-19-38-11-9-12-41(43(38)27-69)54(75)68-58-66-44-13-6-7-14-46(44)84-58)25-65-70(36)35-61-30-59(2)29-60(3,31-61)33-62(32-59,34-61)81-23-21-64-26-48(71)80-28-39-16-15-37(10-5-4-8-20-63)24-45(39)82-57-52(74)50(72)51(73)53(83-57)56(78)79/h6-7,9,11-18,24-25,50-53,57,64,72-74H,4-5,8,10,19-23,26-35,63H2,1-3H3,(H,76,77)(H,78,79)(H,66,68,75)/t50-,51-,52+,53-,57+,59?,60?,61?,62?/m0/s1. The van der Waals surface area contributed by atoms with E-state index in [1.165, 1.54) is 11.3 Å². The van der Waals surface area contributed by atoms with Crippen molar-refractivity contribution in [3.05, 3.63) is 118 Å². The van der Waals surface area contributed by atoms with E-state index in [4.69, 9.17) is 34.8 Å². The summed E-state index contributed by atoms with van der Waals surface area (Å²) < 4.78 is 27.0. The normalized spacial score (nSPS) is 26.9. The van der Waals surface area contributed by atoms with E-state index >= 15 is 0 Å². The number of para-hydroxylation sites is 1. The fraction of sp³-hybridized carbons (Fsp3) is 0.500. The second-order valence-electron chi connectivity index (χ2n) is 24.7. The number of aliphatic hydroxyl groups excluding tert-OH is 3. The predicted octanol–water partition coefficient (Wildman–Crippen LogP) is 6.79. The van der Waals surface area contributed by atoms with Gasteiger partial charge in [-0.1, -0.05) is 68.0 Å². The van der Waals surface area contributed by atoms with Gasteiger partial charge in [-0.2, -0.15) is 5.10 Å². The van der Waals surface area contributed by atoms with Crippen molar-refractivity contribution in [1.29, 1.82) is 0 Å². The zero-order valence-electron chi connectivity index (χ0n) is 47.6. The van der Waals surface area contributed by atoms with Crippen LogP contribution in [-0.4, -0.2) is 138 Å². The summed E-state index contributed by atoms with van der Waals surface area (Å²) in [7, 11) is 0. The lowest BCUT2D eigenvalue weighted by Gasteiger charge is -2.69. The van der Waals surface area contributed by atoms with Crippen LogP contribution in [0, 0.1) is 23.2 Å². The first-order valence-corrected chi connectivity index (χ1v) is 29.8. The monoisotopic (exact) mass is 1170 g/mol. The van der Waals surface area contributed by atoms with Gasteiger partial charge < -0.3 is 60.4 Å². The molecule has 4 bridgehead atoms. The number of esters is 1. The smallest absolute Gasteiger partial charge is 0.355 e. The average molecular weight is 1170 g/mol. The average Bonchev–Trinajstić information content (AvgIpc) is 0.901. The third-order valence-corrected chi connectivity index (χ3v) is 18.6. The SMILES string of the molecule is Cc1c(-c2ccc(N3CCc4cccc(C(=O)Nc5nc6ccccc6s5)c4C3)nc2C(=O)O)cnn1CC12CC3(C)CC(C)(C1)CC(OCCNCC(=O)OCc1ccc(CCCCCN)cc1O[C@@H]1O[C@H](C(=O)O)[C@@H](O)[C@H](O)[C@H]1O)(C3)C2. The van der Waals surface area contributed by atoms with Crippen LogP contribution in [0.3, 0.4) is 0 Å². The summed E-state index contributed by atoms with van der Waals surface area (Å²) in [6, 6.07) is 22.4. The number of rotatable bonds is 23. The third kappa shape index (κ3) is 12.3. The molecule has 0 spiro atoms. The van der Waals surface area contributed by atoms with Crippen molar-refractivity contribution in [1.82, 2.24) is 25.1 Å². The lowest BCUT2D eigenvalue weighted by molar-refractivity contribution is -0.271. The minimum absolute atomic E-state index is 0.0300. The Morgan fingerprint density at radius 2 is 1.67 bits per heavy atom. The van der Waals surface area contributed by atoms with E-state index in [2.05, 4.69) is 29.5 Å². The number of hydrogen-bond acceptors (Lipinski definition) is 18. The van der Waals surface area contributed by atoms with Crippen molar-refractivity contribution in [2.24, 2.45) is 22.0 Å². The lowest BCUT2D eigenvalue weighted by Crippen LogP contribution is -2.64. The van der Waals surface area contributed by atoms with Crippen LogP contribution >= 0.6 is 11.3 Å². The summed E-state index contributed by atoms with van der Waals surface area (Å²) in [6.07, 6.45) is 2.45. The Hall–Kier alpha value is -6.89. The van der Waals surface area contributed by atoms with E-state index in [1.54, 1.807) is 18.3 Å². The van der Waals surface area contributed by atoms with Gasteiger partial charge in [-0.05, 0) is 147 Å². The first-order chi connectivity index (χ1) is 40.2. The van der Waals surface area contributed by atoms with Crippen LogP contribution in [0.4, 0.5) is 10.9 Å². The number of aliphatic hydroxyl groups is 3. The molecule has 7 atom stereocenters. The van der Waals surface area contributed by atoms with E-state index in [0.717, 1.165) is 90.4 Å². The van der Waals surface area contributed by atoms with Gasteiger partial charge in [-0.3, -0.25) is 19.6 Å². The molecule has 84 heavy (non-hydrogen) atoms. The number of carbonyl (C=O) groups excluding carboxylic acids is 2. The van der Waals surface area contributed by atoms with Crippen molar-refractivity contribution in [3.63, 3.8) is 0 Å². The van der Waals surface area contributed by atoms with Gasteiger partial charge in [-0.15, -0.1) is 0 Å². The number of ether oxygens (including phenoxy) is 4. The lowest BCUT2D eigenvalue weighted by atomic mass is 9.39. The number of nitrogens with two attached hydrogens (primary N) is 1. The first-order valence-electron chi connectivity index (χ1n) is 29.0. The Kier molecular flexibility index (Phi) is 16.7. The number of nitrogens with zero attached hydrogens (tertiary/aromatic N) is 5. The van der Waals surface area contributed by atoms with Crippen molar-refractivity contribution < 1.29 is 63.7 Å². The molecule has 446 valence electrons. The first kappa shape index (κ1) is 58.9. The van der Waals surface area contributed by atoms with E-state index in [1.807, 2.05) is 77.2 Å². The molecule has 3 aromatic heterocycles. The Bertz CT molecular complexity index is 3410. The molecule has 22 heteroatoms. The van der Waals surface area contributed by atoms with Crippen LogP contribution in [0.15, 0.2) is 79.0 Å². The number of aryl methyl sites for hydroxylation is 1. The van der Waals surface area contributed by atoms with Gasteiger partial charge in [0.15, 0.2) is 16.9 Å². The largest absolute Gasteiger partial charge is 0.479 e. The van der Waals surface area contributed by atoms with Crippen LogP contribution in [0.2, 0.25) is 0 Å². The van der Waals surface area contributed by atoms with Crippen LogP contribution in [0.1, 0.15) is 120 Å². The van der Waals surface area contributed by atoms with Crippen LogP contribution in [-0.2, 0) is 56.3 Å². The summed E-state index contributed by atoms with van der Waals surface area (Å²) in [5, 5.41) is 63.3. The molecule has 1 amide bonds. The van der Waals surface area contributed by atoms with Crippen molar-refractivity contribution >= 4 is 56.3 Å². The number of aromatic nitrogens is 4. The number of carbonyl (C=O) groups is 4. The summed E-state index contributed by atoms with van der Waals surface area (Å²) in [4.78, 5) is 63.2. The highest BCUT2D eigenvalue weighted by Gasteiger charge is 2.66. The molecule has 9 N–H and O–H groups in total. The van der Waals surface area contributed by atoms with Crippen molar-refractivity contribution in [2.45, 2.75) is 147 Å². The second-order valence-corrected chi connectivity index (χ2v) is 25.7. The molecule has 2 unspecified atom stereocenters. The van der Waals surface area contributed by atoms with Crippen LogP contribution in [0.5, 0.6) is 5.75 Å². The maximum Gasteiger partial charge on any atom is 0.355 e. The molecule has 4 saturated carbocycles.